The molecule has 0 aliphatic rings. The monoisotopic (exact) mass is 134 g/mol. The highest BCUT2D eigenvalue weighted by molar-refractivity contribution is 7.23. The first-order valence-corrected chi connectivity index (χ1v) is 3.57. The Balaban J connectivity index is 3.04. The van der Waals surface area contributed by atoms with Gasteiger partial charge >= 0.3 is 0 Å². The second-order valence-electron chi connectivity index (χ2n) is 3.18. The van der Waals surface area contributed by atoms with Crippen molar-refractivity contribution in [2.75, 3.05) is 6.61 Å². The molecule has 0 aromatic carbocycles. The van der Waals surface area contributed by atoms with Crippen LogP contribution < -0.4 is 0 Å². The van der Waals surface area contributed by atoms with Gasteiger partial charge in [-0.1, -0.05) is 6.32 Å². The van der Waals surface area contributed by atoms with Crippen LogP contribution in [-0.4, -0.2) is 34.2 Å². The Hall–Kier alpha value is 0.155. The lowest BCUT2D eigenvalue weighted by Crippen LogP contribution is -2.21. The van der Waals surface area contributed by atoms with Crippen molar-refractivity contribution in [3.8, 4) is 0 Å². The molecule has 0 aromatic heterocycles. The summed E-state index contributed by atoms with van der Waals surface area (Å²) in [6.07, 6.45) is 0.897. The Kier molecular flexibility index (Phi) is 4.97. The van der Waals surface area contributed by atoms with Gasteiger partial charge in [-0.2, -0.15) is 0 Å². The molecule has 0 spiro atoms. The average molecular weight is 134 g/mol. The fraction of sp³-hybridized carbons (Fsp3) is 1.00. The zero-order chi connectivity index (χ0) is 8.04. The van der Waals surface area contributed by atoms with Gasteiger partial charge in [0.2, 0.25) is 0 Å². The van der Waals surface area contributed by atoms with Crippen LogP contribution in [0.3, 0.4) is 0 Å². The van der Waals surface area contributed by atoms with E-state index in [0.29, 0.717) is 0 Å². The molecule has 0 N–H and O–H groups in total. The van der Waals surface area contributed by atoms with E-state index in [1.165, 1.54) is 0 Å². The van der Waals surface area contributed by atoms with Crippen molar-refractivity contribution in [3.63, 3.8) is 0 Å². The molecule has 0 aliphatic heterocycles. The van der Waals surface area contributed by atoms with Crippen LogP contribution in [0.1, 0.15) is 20.8 Å². The predicted molar refractivity (Wildman–Crippen MR) is 47.8 cm³/mol. The fourth-order valence-electron chi connectivity index (χ4n) is 0.529. The van der Waals surface area contributed by atoms with Gasteiger partial charge in [0.25, 0.3) is 0 Å². The minimum Gasteiger partial charge on any atom is -0.377 e. The van der Waals surface area contributed by atoms with Gasteiger partial charge in [-0.3, -0.25) is 0 Å². The standard InChI is InChI=1S/C6H13B3O/c1-6(2,3)10-5-4-8-9-7/h4-5H2,1-3H3. The van der Waals surface area contributed by atoms with E-state index in [-0.39, 0.29) is 5.60 Å². The summed E-state index contributed by atoms with van der Waals surface area (Å²) in [6, 6.07) is 0. The second-order valence-corrected chi connectivity index (χ2v) is 3.18. The fourth-order valence-corrected chi connectivity index (χ4v) is 0.529. The summed E-state index contributed by atoms with van der Waals surface area (Å²) in [4.78, 5) is 0. The SMILES string of the molecule is [B][B][B]CCOC(C)(C)C. The Labute approximate surface area is 66.8 Å². The van der Waals surface area contributed by atoms with E-state index in [9.17, 15) is 0 Å². The largest absolute Gasteiger partial charge is 0.377 e. The van der Waals surface area contributed by atoms with E-state index >= 15 is 0 Å². The molecule has 0 heterocycles. The Bertz CT molecular complexity index is 79.6. The topological polar surface area (TPSA) is 9.23 Å². The molecule has 0 amide bonds. The maximum absolute atomic E-state index is 5.42. The molecule has 0 saturated carbocycles. The third-order valence-electron chi connectivity index (χ3n) is 0.956. The lowest BCUT2D eigenvalue weighted by atomic mass is 9.27. The summed E-state index contributed by atoms with van der Waals surface area (Å²) in [5.74, 6) is 0. The lowest BCUT2D eigenvalue weighted by molar-refractivity contribution is 0.00546. The smallest absolute Gasteiger partial charge is 0.0598 e. The zero-order valence-electron chi connectivity index (χ0n) is 7.05. The third-order valence-corrected chi connectivity index (χ3v) is 0.956. The van der Waals surface area contributed by atoms with Crippen LogP contribution in [0, 0.1) is 0 Å². The van der Waals surface area contributed by atoms with Gasteiger partial charge in [0.1, 0.15) is 0 Å². The average Bonchev–Trinajstić information content (AvgIpc) is 1.78. The minimum absolute atomic E-state index is 0.0254. The molecule has 4 heteroatoms. The highest BCUT2D eigenvalue weighted by Gasteiger charge is 2.08. The van der Waals surface area contributed by atoms with Gasteiger partial charge in [0, 0.05) is 21.4 Å². The van der Waals surface area contributed by atoms with Crippen LogP contribution in [0.25, 0.3) is 0 Å². The van der Waals surface area contributed by atoms with E-state index in [0.717, 1.165) is 12.9 Å². The van der Waals surface area contributed by atoms with Gasteiger partial charge < -0.3 is 4.74 Å². The maximum Gasteiger partial charge on any atom is 0.0598 e. The Morgan fingerprint density at radius 1 is 1.40 bits per heavy atom. The first-order valence-electron chi connectivity index (χ1n) is 3.57. The van der Waals surface area contributed by atoms with Gasteiger partial charge in [0.15, 0.2) is 0 Å². The predicted octanol–water partition coefficient (Wildman–Crippen LogP) is 0.627. The molecule has 0 rings (SSSR count). The lowest BCUT2D eigenvalue weighted by Gasteiger charge is -2.19. The minimum atomic E-state index is -0.0254. The highest BCUT2D eigenvalue weighted by Crippen LogP contribution is 2.06. The number of ether oxygens (including phenoxy) is 1. The number of hydrogen-bond acceptors (Lipinski definition) is 1. The van der Waals surface area contributed by atoms with E-state index in [1.54, 1.807) is 7.06 Å². The van der Waals surface area contributed by atoms with Crippen LogP contribution in [0.4, 0.5) is 0 Å². The highest BCUT2D eigenvalue weighted by atomic mass is 16.5. The summed E-state index contributed by atoms with van der Waals surface area (Å²) in [5, 5.41) is 0. The van der Waals surface area contributed by atoms with Gasteiger partial charge in [-0.15, -0.1) is 0 Å². The molecule has 52 valence electrons. The third kappa shape index (κ3) is 8.15. The first kappa shape index (κ1) is 10.2. The van der Waals surface area contributed by atoms with Crippen molar-refractivity contribution >= 4 is 22.0 Å². The molecule has 4 radical (unpaired) electrons. The van der Waals surface area contributed by atoms with E-state index in [1.807, 2.05) is 27.9 Å². The normalized spacial score (nSPS) is 11.1. The second kappa shape index (κ2) is 4.89. The van der Waals surface area contributed by atoms with Crippen molar-refractivity contribution in [3.05, 3.63) is 0 Å². The molecule has 0 saturated heterocycles. The van der Waals surface area contributed by atoms with Crippen molar-refractivity contribution in [2.45, 2.75) is 32.7 Å². The van der Waals surface area contributed by atoms with E-state index in [4.69, 9.17) is 12.5 Å². The summed E-state index contributed by atoms with van der Waals surface area (Å²) in [6.45, 7) is 6.87. The zero-order valence-corrected chi connectivity index (χ0v) is 7.05. The maximum atomic E-state index is 5.42. The van der Waals surface area contributed by atoms with Gasteiger partial charge in [0.05, 0.1) is 12.8 Å². The summed E-state index contributed by atoms with van der Waals surface area (Å²) >= 11 is 0. The summed E-state index contributed by atoms with van der Waals surface area (Å²) in [5.41, 5.74) is -0.0254. The Morgan fingerprint density at radius 3 is 2.40 bits per heavy atom. The van der Waals surface area contributed by atoms with Crippen LogP contribution >= 0.6 is 0 Å². The van der Waals surface area contributed by atoms with Crippen molar-refractivity contribution in [1.82, 2.24) is 0 Å². The van der Waals surface area contributed by atoms with Crippen LogP contribution in [-0.2, 0) is 4.74 Å². The van der Waals surface area contributed by atoms with Crippen LogP contribution in [0.15, 0.2) is 0 Å². The van der Waals surface area contributed by atoms with Gasteiger partial charge in [-0.05, 0) is 20.8 Å². The van der Waals surface area contributed by atoms with E-state index < -0.39 is 0 Å². The molecule has 0 unspecified atom stereocenters. The van der Waals surface area contributed by atoms with Crippen molar-refractivity contribution in [1.29, 1.82) is 0 Å². The number of hydrogen-bond donors (Lipinski definition) is 0. The molecule has 10 heavy (non-hydrogen) atoms. The molecule has 0 aliphatic carbocycles. The van der Waals surface area contributed by atoms with Crippen LogP contribution in [0.2, 0.25) is 6.32 Å². The molecule has 0 atom stereocenters. The molecule has 0 bridgehead atoms. The quantitative estimate of drug-likeness (QED) is 0.404. The summed E-state index contributed by atoms with van der Waals surface area (Å²) < 4.78 is 5.42. The summed E-state index contributed by atoms with van der Waals surface area (Å²) in [7, 11) is 8.58. The molecule has 1 nitrogen and oxygen atoms in total. The van der Waals surface area contributed by atoms with Gasteiger partial charge in [-0.25, -0.2) is 0 Å². The van der Waals surface area contributed by atoms with Crippen molar-refractivity contribution < 1.29 is 4.74 Å². The van der Waals surface area contributed by atoms with Crippen molar-refractivity contribution in [2.24, 2.45) is 0 Å². The Morgan fingerprint density at radius 2 is 2.00 bits per heavy atom. The molecule has 0 aromatic rings. The first-order chi connectivity index (χ1) is 4.56. The molecular weight excluding hydrogens is 121 g/mol. The van der Waals surface area contributed by atoms with E-state index in [2.05, 4.69) is 0 Å². The number of rotatable bonds is 4. The molecule has 0 fully saturated rings. The molecular formula is C6H13B3O. The van der Waals surface area contributed by atoms with Crippen LogP contribution in [0.5, 0.6) is 0 Å².